The molecule has 0 unspecified atom stereocenters. The van der Waals surface area contributed by atoms with Gasteiger partial charge in [0, 0.05) is 55.2 Å². The largest absolute Gasteiger partial charge is 0.456 e. The average Bonchev–Trinajstić information content (AvgIpc) is 4.06. The van der Waals surface area contributed by atoms with Gasteiger partial charge < -0.3 is 13.4 Å². The molecule has 0 atom stereocenters. The predicted molar refractivity (Wildman–Crippen MR) is 230 cm³/mol. The van der Waals surface area contributed by atoms with Crippen LogP contribution in [-0.2, 0) is 0 Å². The molecule has 0 radical (unpaired) electrons. The van der Waals surface area contributed by atoms with Crippen LogP contribution in [0.4, 0.5) is 0 Å². The SMILES string of the molecule is [2H]c1cc2c(c([2H])c1[2H])c1c([2H])c([2H])c([2H])c([2H])c1n2-c1cc2oc3c([2H])c(-c4nc(-c5ccccc5)nc(-c5cccc6c5oc5cccc(-c7ccccc7)c56)n4)c([2H])c([2H])c3c2c([2H])c1[2H]. The molecule has 12 aromatic rings. The van der Waals surface area contributed by atoms with E-state index in [9.17, 15) is 6.85 Å². The zero-order chi connectivity index (χ0) is 47.9. The van der Waals surface area contributed by atoms with Crippen LogP contribution in [0.5, 0.6) is 0 Å². The molecule has 0 bridgehead atoms. The highest BCUT2D eigenvalue weighted by Gasteiger charge is 2.20. The summed E-state index contributed by atoms with van der Waals surface area (Å²) in [5, 5.41) is 1.43. The number of aromatic nitrogens is 4. The molecular formula is C51H30N4O2. The van der Waals surface area contributed by atoms with E-state index in [1.807, 2.05) is 97.1 Å². The van der Waals surface area contributed by atoms with E-state index < -0.39 is 60.4 Å². The van der Waals surface area contributed by atoms with Crippen LogP contribution in [0.25, 0.3) is 117 Å². The summed E-state index contributed by atoms with van der Waals surface area (Å²) < 4.78 is 122. The molecule has 4 heterocycles. The Bertz CT molecular complexity index is 4230. The molecule has 8 aromatic carbocycles. The Hall–Kier alpha value is -7.83. The molecule has 0 aliphatic rings. The molecule has 0 N–H and O–H groups in total. The average molecular weight is 743 g/mol. The summed E-state index contributed by atoms with van der Waals surface area (Å²) in [7, 11) is 0. The Morgan fingerprint density at radius 1 is 0.439 bits per heavy atom. The zero-order valence-corrected chi connectivity index (χ0v) is 29.5. The second-order valence-electron chi connectivity index (χ2n) is 13.4. The first-order chi connectivity index (χ1) is 33.2. The van der Waals surface area contributed by atoms with E-state index in [0.29, 0.717) is 22.3 Å². The molecular weight excluding hydrogens is 701 g/mol. The summed E-state index contributed by atoms with van der Waals surface area (Å²) in [6.45, 7) is 0. The van der Waals surface area contributed by atoms with Crippen molar-refractivity contribution in [1.29, 1.82) is 0 Å². The van der Waals surface area contributed by atoms with Crippen molar-refractivity contribution in [3.8, 4) is 51.0 Å². The van der Waals surface area contributed by atoms with E-state index in [0.717, 1.165) is 21.9 Å². The third-order valence-corrected chi connectivity index (χ3v) is 10.2. The summed E-state index contributed by atoms with van der Waals surface area (Å²) in [5.74, 6) is 0.278. The van der Waals surface area contributed by atoms with Gasteiger partial charge >= 0.3 is 0 Å². The number of fused-ring (bicyclic) bond motifs is 9. The maximum atomic E-state index is 9.63. The van der Waals surface area contributed by atoms with Crippen LogP contribution < -0.4 is 0 Å². The maximum Gasteiger partial charge on any atom is 0.167 e. The molecule has 12 rings (SSSR count). The van der Waals surface area contributed by atoms with Crippen molar-refractivity contribution in [1.82, 2.24) is 19.5 Å². The first-order valence-electron chi connectivity index (χ1n) is 24.0. The van der Waals surface area contributed by atoms with Gasteiger partial charge in [-0.2, -0.15) is 0 Å². The quantitative estimate of drug-likeness (QED) is 0.176. The van der Waals surface area contributed by atoms with Crippen LogP contribution >= 0.6 is 0 Å². The van der Waals surface area contributed by atoms with Crippen LogP contribution in [0.15, 0.2) is 191 Å². The molecule has 0 fully saturated rings. The normalized spacial score (nSPS) is 14.8. The highest BCUT2D eigenvalue weighted by atomic mass is 16.3. The van der Waals surface area contributed by atoms with E-state index in [-0.39, 0.29) is 84.6 Å². The van der Waals surface area contributed by atoms with E-state index in [2.05, 4.69) is 0 Å². The summed E-state index contributed by atoms with van der Waals surface area (Å²) in [6.07, 6.45) is 0. The fraction of sp³-hybridized carbons (Fsp3) is 0. The molecule has 4 aromatic heterocycles. The van der Waals surface area contributed by atoms with Crippen molar-refractivity contribution < 1.29 is 25.3 Å². The van der Waals surface area contributed by atoms with Gasteiger partial charge in [-0.05, 0) is 59.5 Å². The topological polar surface area (TPSA) is 69.9 Å². The Morgan fingerprint density at radius 3 is 1.98 bits per heavy atom. The zero-order valence-electron chi connectivity index (χ0n) is 41.5. The first-order valence-corrected chi connectivity index (χ1v) is 18.0. The second kappa shape index (κ2) is 12.3. The number of nitrogens with zero attached hydrogens (tertiary/aromatic N) is 4. The summed E-state index contributed by atoms with van der Waals surface area (Å²) in [5.41, 5.74) is 3.55. The van der Waals surface area contributed by atoms with Crippen LogP contribution in [-0.4, -0.2) is 19.5 Å². The second-order valence-corrected chi connectivity index (χ2v) is 13.4. The minimum atomic E-state index is -0.598. The number of hydrogen-bond donors (Lipinski definition) is 0. The predicted octanol–water partition coefficient (Wildman–Crippen LogP) is 13.4. The third-order valence-electron chi connectivity index (χ3n) is 10.2. The third kappa shape index (κ3) is 4.94. The molecule has 0 spiro atoms. The molecule has 6 nitrogen and oxygen atoms in total. The molecule has 57 heavy (non-hydrogen) atoms. The van der Waals surface area contributed by atoms with Crippen LogP contribution in [0.3, 0.4) is 0 Å². The Labute approximate surface area is 342 Å². The van der Waals surface area contributed by atoms with E-state index in [1.165, 1.54) is 16.7 Å². The highest BCUT2D eigenvalue weighted by Crippen LogP contribution is 2.41. The van der Waals surface area contributed by atoms with Crippen molar-refractivity contribution in [2.45, 2.75) is 0 Å². The Kier molecular flexibility index (Phi) is 4.74. The number of para-hydroxylation sites is 3. The van der Waals surface area contributed by atoms with Crippen molar-refractivity contribution in [2.75, 3.05) is 0 Å². The number of hydrogen-bond acceptors (Lipinski definition) is 5. The summed E-state index contributed by atoms with van der Waals surface area (Å²) in [6, 6.07) is 27.5. The van der Waals surface area contributed by atoms with Crippen molar-refractivity contribution >= 4 is 65.7 Å². The van der Waals surface area contributed by atoms with Gasteiger partial charge in [-0.3, -0.25) is 0 Å². The number of rotatable bonds is 5. The maximum absolute atomic E-state index is 9.63. The summed E-state index contributed by atoms with van der Waals surface area (Å²) >= 11 is 0. The van der Waals surface area contributed by atoms with Gasteiger partial charge in [0.05, 0.1) is 33.0 Å². The monoisotopic (exact) mass is 742 g/mol. The van der Waals surface area contributed by atoms with Crippen LogP contribution in [0.2, 0.25) is 0 Å². The molecule has 0 saturated carbocycles. The fourth-order valence-electron chi connectivity index (χ4n) is 7.61. The number of furan rings is 2. The minimum Gasteiger partial charge on any atom is -0.456 e. The molecule has 0 saturated heterocycles. The molecule has 266 valence electrons. The van der Waals surface area contributed by atoms with Crippen LogP contribution in [0, 0.1) is 0 Å². The minimum absolute atomic E-state index is 0.0271. The fourth-order valence-corrected chi connectivity index (χ4v) is 7.61. The van der Waals surface area contributed by atoms with Gasteiger partial charge in [0.15, 0.2) is 17.5 Å². The van der Waals surface area contributed by atoms with E-state index in [1.54, 1.807) is 0 Å². The molecule has 0 aliphatic heterocycles. The molecule has 0 amide bonds. The van der Waals surface area contributed by atoms with Crippen molar-refractivity contribution in [3.05, 3.63) is 182 Å². The van der Waals surface area contributed by atoms with Crippen molar-refractivity contribution in [2.24, 2.45) is 0 Å². The molecule has 6 heteroatoms. The lowest BCUT2D eigenvalue weighted by molar-refractivity contribution is 0.668. The lowest BCUT2D eigenvalue weighted by Crippen LogP contribution is -2.00. The van der Waals surface area contributed by atoms with Gasteiger partial charge in [-0.1, -0.05) is 127 Å². The Balaban J connectivity index is 1.10. The van der Waals surface area contributed by atoms with Gasteiger partial charge in [-0.15, -0.1) is 0 Å². The lowest BCUT2D eigenvalue weighted by Gasteiger charge is -2.09. The highest BCUT2D eigenvalue weighted by molar-refractivity contribution is 6.15. The standard InChI is InChI=1S/C51H30N4O2/c1-3-13-31(14-4-1)35-19-12-24-44-47(35)40-20-11-21-41(48(40)57-44)51-53-49(32-15-5-2-6-16-32)52-50(54-51)33-25-27-38-39-28-26-34(30-46(39)56-45(38)29-33)55-42-22-9-7-17-36(42)37-18-8-10-23-43(37)55/h1-30H/i7D,8D,9D,10D,17D,18D,22D,25D,26D,27D,28D,29D. The number of benzene rings is 8. The lowest BCUT2D eigenvalue weighted by atomic mass is 9.99. The van der Waals surface area contributed by atoms with Gasteiger partial charge in [0.1, 0.15) is 22.3 Å². The molecule has 0 aliphatic carbocycles. The van der Waals surface area contributed by atoms with E-state index >= 15 is 0 Å². The Morgan fingerprint density at radius 2 is 1.12 bits per heavy atom. The van der Waals surface area contributed by atoms with Gasteiger partial charge in [-0.25, -0.2) is 15.0 Å². The van der Waals surface area contributed by atoms with Crippen LogP contribution in [0.1, 0.15) is 16.4 Å². The van der Waals surface area contributed by atoms with E-state index in [4.69, 9.17) is 33.4 Å². The van der Waals surface area contributed by atoms with Crippen molar-refractivity contribution in [3.63, 3.8) is 0 Å². The van der Waals surface area contributed by atoms with Gasteiger partial charge in [0.25, 0.3) is 0 Å². The summed E-state index contributed by atoms with van der Waals surface area (Å²) in [4.78, 5) is 14.6. The smallest absolute Gasteiger partial charge is 0.167 e. The van der Waals surface area contributed by atoms with Gasteiger partial charge in [0.2, 0.25) is 0 Å². The first kappa shape index (κ1) is 21.9.